The van der Waals surface area contributed by atoms with Gasteiger partial charge in [0.05, 0.1) is 13.2 Å². The fourth-order valence-electron chi connectivity index (χ4n) is 1.63. The van der Waals surface area contributed by atoms with Crippen LogP contribution in [-0.2, 0) is 14.3 Å². The Morgan fingerprint density at radius 1 is 1.38 bits per heavy atom. The first kappa shape index (κ1) is 13.4. The highest BCUT2D eigenvalue weighted by Crippen LogP contribution is 1.99. The second-order valence-corrected chi connectivity index (χ2v) is 3.84. The van der Waals surface area contributed by atoms with E-state index in [1.165, 1.54) is 0 Å². The number of amides is 1. The SMILES string of the molecule is COCCCNCCC(=O)N1CCOCC1. The Morgan fingerprint density at radius 3 is 2.81 bits per heavy atom. The Hall–Kier alpha value is -0.650. The van der Waals surface area contributed by atoms with Crippen LogP contribution < -0.4 is 5.32 Å². The molecule has 1 fully saturated rings. The van der Waals surface area contributed by atoms with Crippen LogP contribution >= 0.6 is 0 Å². The van der Waals surface area contributed by atoms with E-state index in [2.05, 4.69) is 5.32 Å². The summed E-state index contributed by atoms with van der Waals surface area (Å²) in [6, 6.07) is 0. The van der Waals surface area contributed by atoms with Crippen LogP contribution in [0.5, 0.6) is 0 Å². The minimum Gasteiger partial charge on any atom is -0.385 e. The molecule has 0 bridgehead atoms. The zero-order valence-electron chi connectivity index (χ0n) is 10.0. The molecule has 1 heterocycles. The Morgan fingerprint density at radius 2 is 2.12 bits per heavy atom. The number of rotatable bonds is 7. The number of methoxy groups -OCH3 is 1. The van der Waals surface area contributed by atoms with Crippen molar-refractivity contribution in [2.45, 2.75) is 12.8 Å². The molecule has 94 valence electrons. The van der Waals surface area contributed by atoms with Crippen LogP contribution in [0.25, 0.3) is 0 Å². The van der Waals surface area contributed by atoms with Gasteiger partial charge < -0.3 is 19.7 Å². The molecule has 0 saturated carbocycles. The zero-order chi connectivity index (χ0) is 11.6. The Kier molecular flexibility index (Phi) is 7.12. The van der Waals surface area contributed by atoms with Crippen LogP contribution in [0.4, 0.5) is 0 Å². The number of carbonyl (C=O) groups is 1. The molecule has 1 saturated heterocycles. The average molecular weight is 230 g/mol. The first-order chi connectivity index (χ1) is 7.84. The normalized spacial score (nSPS) is 16.4. The third-order valence-electron chi connectivity index (χ3n) is 2.58. The number of nitrogens with one attached hydrogen (secondary N) is 1. The lowest BCUT2D eigenvalue weighted by Crippen LogP contribution is -2.41. The van der Waals surface area contributed by atoms with E-state index in [1.54, 1.807) is 7.11 Å². The predicted molar refractivity (Wildman–Crippen MR) is 61.4 cm³/mol. The van der Waals surface area contributed by atoms with E-state index < -0.39 is 0 Å². The van der Waals surface area contributed by atoms with Crippen molar-refractivity contribution in [3.8, 4) is 0 Å². The summed E-state index contributed by atoms with van der Waals surface area (Å²) in [6.45, 7) is 5.25. The maximum Gasteiger partial charge on any atom is 0.224 e. The van der Waals surface area contributed by atoms with Gasteiger partial charge in [-0.25, -0.2) is 0 Å². The van der Waals surface area contributed by atoms with Gasteiger partial charge in [0.25, 0.3) is 0 Å². The maximum absolute atomic E-state index is 11.7. The van der Waals surface area contributed by atoms with Crippen LogP contribution in [0.3, 0.4) is 0 Å². The quantitative estimate of drug-likeness (QED) is 0.619. The van der Waals surface area contributed by atoms with Crippen LogP contribution in [-0.4, -0.2) is 63.9 Å². The minimum atomic E-state index is 0.225. The summed E-state index contributed by atoms with van der Waals surface area (Å²) in [7, 11) is 1.70. The van der Waals surface area contributed by atoms with E-state index in [0.29, 0.717) is 19.6 Å². The molecule has 0 aromatic rings. The molecule has 0 radical (unpaired) electrons. The molecule has 1 amide bonds. The molecule has 5 heteroatoms. The highest BCUT2D eigenvalue weighted by Gasteiger charge is 2.15. The summed E-state index contributed by atoms with van der Waals surface area (Å²) in [6.07, 6.45) is 1.56. The number of nitrogens with zero attached hydrogens (tertiary/aromatic N) is 1. The second kappa shape index (κ2) is 8.50. The first-order valence-corrected chi connectivity index (χ1v) is 5.90. The van der Waals surface area contributed by atoms with Crippen molar-refractivity contribution in [1.82, 2.24) is 10.2 Å². The van der Waals surface area contributed by atoms with E-state index in [-0.39, 0.29) is 5.91 Å². The van der Waals surface area contributed by atoms with Crippen LogP contribution in [0, 0.1) is 0 Å². The zero-order valence-corrected chi connectivity index (χ0v) is 10.0. The van der Waals surface area contributed by atoms with Crippen molar-refractivity contribution in [3.05, 3.63) is 0 Å². The first-order valence-electron chi connectivity index (χ1n) is 5.90. The minimum absolute atomic E-state index is 0.225. The van der Waals surface area contributed by atoms with Gasteiger partial charge in [-0.1, -0.05) is 0 Å². The fraction of sp³-hybridized carbons (Fsp3) is 0.909. The van der Waals surface area contributed by atoms with E-state index >= 15 is 0 Å². The number of morpholine rings is 1. The summed E-state index contributed by atoms with van der Waals surface area (Å²) in [5.74, 6) is 0.225. The molecular formula is C11H22N2O3. The predicted octanol–water partition coefficient (Wildman–Crippen LogP) is -0.139. The van der Waals surface area contributed by atoms with Gasteiger partial charge in [0.15, 0.2) is 0 Å². The summed E-state index contributed by atoms with van der Waals surface area (Å²) in [5, 5.41) is 3.23. The van der Waals surface area contributed by atoms with Gasteiger partial charge in [-0.15, -0.1) is 0 Å². The van der Waals surface area contributed by atoms with Crippen molar-refractivity contribution in [2.24, 2.45) is 0 Å². The monoisotopic (exact) mass is 230 g/mol. The molecular weight excluding hydrogens is 208 g/mol. The molecule has 0 aliphatic carbocycles. The van der Waals surface area contributed by atoms with E-state index in [1.807, 2.05) is 4.90 Å². The molecule has 1 N–H and O–H groups in total. The molecule has 1 rings (SSSR count). The topological polar surface area (TPSA) is 50.8 Å². The Bertz CT molecular complexity index is 194. The summed E-state index contributed by atoms with van der Waals surface area (Å²) < 4.78 is 10.1. The van der Waals surface area contributed by atoms with Gasteiger partial charge in [-0.3, -0.25) is 4.79 Å². The summed E-state index contributed by atoms with van der Waals surface area (Å²) in [4.78, 5) is 13.6. The van der Waals surface area contributed by atoms with Crippen molar-refractivity contribution in [1.29, 1.82) is 0 Å². The molecule has 16 heavy (non-hydrogen) atoms. The van der Waals surface area contributed by atoms with Crippen molar-refractivity contribution < 1.29 is 14.3 Å². The van der Waals surface area contributed by atoms with E-state index in [4.69, 9.17) is 9.47 Å². The molecule has 0 aromatic carbocycles. The van der Waals surface area contributed by atoms with Crippen molar-refractivity contribution in [3.63, 3.8) is 0 Å². The Balaban J connectivity index is 1.97. The van der Waals surface area contributed by atoms with Gasteiger partial charge >= 0.3 is 0 Å². The molecule has 1 aliphatic heterocycles. The van der Waals surface area contributed by atoms with Gasteiger partial charge in [0, 0.05) is 39.8 Å². The third kappa shape index (κ3) is 5.44. The lowest BCUT2D eigenvalue weighted by Gasteiger charge is -2.26. The van der Waals surface area contributed by atoms with Crippen LogP contribution in [0.15, 0.2) is 0 Å². The smallest absolute Gasteiger partial charge is 0.224 e. The third-order valence-corrected chi connectivity index (χ3v) is 2.58. The lowest BCUT2D eigenvalue weighted by molar-refractivity contribution is -0.135. The van der Waals surface area contributed by atoms with Crippen molar-refractivity contribution in [2.75, 3.05) is 53.1 Å². The number of carbonyl (C=O) groups excluding carboxylic acids is 1. The maximum atomic E-state index is 11.7. The number of hydrogen-bond acceptors (Lipinski definition) is 4. The molecule has 5 nitrogen and oxygen atoms in total. The van der Waals surface area contributed by atoms with Gasteiger partial charge in [0.2, 0.25) is 5.91 Å². The molecule has 0 aromatic heterocycles. The number of hydrogen-bond donors (Lipinski definition) is 1. The van der Waals surface area contributed by atoms with Gasteiger partial charge in [-0.05, 0) is 13.0 Å². The average Bonchev–Trinajstić information content (AvgIpc) is 2.34. The summed E-state index contributed by atoms with van der Waals surface area (Å²) in [5.41, 5.74) is 0. The molecule has 1 aliphatic rings. The fourth-order valence-corrected chi connectivity index (χ4v) is 1.63. The van der Waals surface area contributed by atoms with E-state index in [9.17, 15) is 4.79 Å². The molecule has 0 spiro atoms. The standard InChI is InChI=1S/C11H22N2O3/c1-15-8-2-4-12-5-3-11(14)13-6-9-16-10-7-13/h12H,2-10H2,1H3. The molecule has 0 unspecified atom stereocenters. The lowest BCUT2D eigenvalue weighted by atomic mass is 10.3. The van der Waals surface area contributed by atoms with E-state index in [0.717, 1.165) is 39.2 Å². The van der Waals surface area contributed by atoms with Gasteiger partial charge in [0.1, 0.15) is 0 Å². The number of ether oxygens (including phenoxy) is 2. The van der Waals surface area contributed by atoms with Crippen LogP contribution in [0.1, 0.15) is 12.8 Å². The highest BCUT2D eigenvalue weighted by atomic mass is 16.5. The second-order valence-electron chi connectivity index (χ2n) is 3.84. The van der Waals surface area contributed by atoms with Crippen LogP contribution in [0.2, 0.25) is 0 Å². The summed E-state index contributed by atoms with van der Waals surface area (Å²) >= 11 is 0. The van der Waals surface area contributed by atoms with Gasteiger partial charge in [-0.2, -0.15) is 0 Å². The largest absolute Gasteiger partial charge is 0.385 e. The molecule has 0 atom stereocenters. The Labute approximate surface area is 97.1 Å². The van der Waals surface area contributed by atoms with Crippen molar-refractivity contribution >= 4 is 5.91 Å². The highest BCUT2D eigenvalue weighted by molar-refractivity contribution is 5.76.